The molecule has 1 unspecified atom stereocenters. The van der Waals surface area contributed by atoms with Gasteiger partial charge in [0.2, 0.25) is 0 Å². The molecule has 1 aromatic rings. The second-order valence-electron chi connectivity index (χ2n) is 5.20. The van der Waals surface area contributed by atoms with Crippen LogP contribution in [0.1, 0.15) is 37.8 Å². The van der Waals surface area contributed by atoms with Crippen molar-refractivity contribution in [3.05, 3.63) is 28.2 Å². The molecule has 1 atom stereocenters. The van der Waals surface area contributed by atoms with Gasteiger partial charge in [0.1, 0.15) is 5.75 Å². The van der Waals surface area contributed by atoms with Crippen LogP contribution < -0.4 is 9.46 Å². The molecule has 1 aliphatic rings. The molecule has 1 saturated heterocycles. The lowest BCUT2D eigenvalue weighted by Gasteiger charge is -2.27. The van der Waals surface area contributed by atoms with E-state index in [0.717, 1.165) is 35.0 Å². The molecule has 0 saturated carbocycles. The zero-order valence-corrected chi connectivity index (χ0v) is 14.7. The summed E-state index contributed by atoms with van der Waals surface area (Å²) in [6, 6.07) is 5.28. The van der Waals surface area contributed by atoms with E-state index in [1.54, 1.807) is 7.11 Å². The number of halogens is 1. The predicted molar refractivity (Wildman–Crippen MR) is 86.6 cm³/mol. The number of nitrogens with one attached hydrogen (secondary N) is 1. The van der Waals surface area contributed by atoms with E-state index in [2.05, 4.69) is 20.7 Å². The highest BCUT2D eigenvalue weighted by Crippen LogP contribution is 2.28. The van der Waals surface area contributed by atoms with Crippen molar-refractivity contribution < 1.29 is 13.2 Å². The van der Waals surface area contributed by atoms with Gasteiger partial charge in [0.25, 0.3) is 10.2 Å². The van der Waals surface area contributed by atoms with Gasteiger partial charge in [-0.3, -0.25) is 0 Å². The Morgan fingerprint density at radius 2 is 1.95 bits per heavy atom. The maximum atomic E-state index is 12.4. The summed E-state index contributed by atoms with van der Waals surface area (Å²) in [6.45, 7) is 3.05. The van der Waals surface area contributed by atoms with Crippen molar-refractivity contribution in [2.24, 2.45) is 0 Å². The predicted octanol–water partition coefficient (Wildman–Crippen LogP) is 2.84. The van der Waals surface area contributed by atoms with Gasteiger partial charge in [-0.15, -0.1) is 0 Å². The Labute approximate surface area is 135 Å². The third kappa shape index (κ3) is 4.18. The highest BCUT2D eigenvalue weighted by atomic mass is 79.9. The van der Waals surface area contributed by atoms with Crippen LogP contribution in [0.2, 0.25) is 0 Å². The van der Waals surface area contributed by atoms with Gasteiger partial charge in [-0.2, -0.15) is 17.4 Å². The van der Waals surface area contributed by atoms with E-state index in [4.69, 9.17) is 4.74 Å². The van der Waals surface area contributed by atoms with Crippen LogP contribution in [-0.2, 0) is 10.2 Å². The Balaban J connectivity index is 2.09. The first-order valence-electron chi connectivity index (χ1n) is 7.05. The molecule has 0 bridgehead atoms. The first-order valence-corrected chi connectivity index (χ1v) is 9.28. The van der Waals surface area contributed by atoms with Crippen LogP contribution in [-0.4, -0.2) is 32.9 Å². The van der Waals surface area contributed by atoms with Gasteiger partial charge in [0.15, 0.2) is 0 Å². The van der Waals surface area contributed by atoms with Crippen LogP contribution in [0, 0.1) is 0 Å². The van der Waals surface area contributed by atoms with Crippen molar-refractivity contribution in [1.29, 1.82) is 0 Å². The molecule has 1 N–H and O–H groups in total. The van der Waals surface area contributed by atoms with Crippen molar-refractivity contribution >= 4 is 26.1 Å². The molecule has 5 nitrogen and oxygen atoms in total. The Morgan fingerprint density at radius 1 is 1.29 bits per heavy atom. The average molecular weight is 377 g/mol. The Kier molecular flexibility index (Phi) is 5.65. The first kappa shape index (κ1) is 16.7. The summed E-state index contributed by atoms with van der Waals surface area (Å²) >= 11 is 3.42. The molecule has 1 fully saturated rings. The van der Waals surface area contributed by atoms with Crippen molar-refractivity contribution in [2.45, 2.75) is 32.2 Å². The van der Waals surface area contributed by atoms with E-state index in [0.29, 0.717) is 13.1 Å². The lowest BCUT2D eigenvalue weighted by Crippen LogP contribution is -2.44. The lowest BCUT2D eigenvalue weighted by molar-refractivity contribution is 0.339. The number of piperidine rings is 1. The highest BCUT2D eigenvalue weighted by molar-refractivity contribution is 9.10. The van der Waals surface area contributed by atoms with Gasteiger partial charge >= 0.3 is 0 Å². The topological polar surface area (TPSA) is 58.6 Å². The second-order valence-corrected chi connectivity index (χ2v) is 7.75. The smallest absolute Gasteiger partial charge is 0.279 e. The molecular formula is C14H21BrN2O3S. The maximum Gasteiger partial charge on any atom is 0.279 e. The molecule has 1 heterocycles. The number of benzene rings is 1. The normalized spacial score (nSPS) is 18.4. The fourth-order valence-electron chi connectivity index (χ4n) is 2.42. The van der Waals surface area contributed by atoms with Gasteiger partial charge in [-0.1, -0.05) is 12.5 Å². The number of hydrogen-bond donors (Lipinski definition) is 1. The summed E-state index contributed by atoms with van der Waals surface area (Å²) in [4.78, 5) is 0. The summed E-state index contributed by atoms with van der Waals surface area (Å²) in [5, 5.41) is 0. The molecule has 0 aromatic heterocycles. The largest absolute Gasteiger partial charge is 0.496 e. The minimum absolute atomic E-state index is 0.292. The molecule has 1 aliphatic heterocycles. The van der Waals surface area contributed by atoms with Crippen molar-refractivity contribution in [3.8, 4) is 5.75 Å². The van der Waals surface area contributed by atoms with Crippen molar-refractivity contribution in [3.63, 3.8) is 0 Å². The van der Waals surface area contributed by atoms with Gasteiger partial charge in [0.05, 0.1) is 11.6 Å². The number of hydrogen-bond acceptors (Lipinski definition) is 3. The van der Waals surface area contributed by atoms with E-state index in [1.165, 1.54) is 4.31 Å². The van der Waals surface area contributed by atoms with Crippen LogP contribution in [0.3, 0.4) is 0 Å². The third-order valence-corrected chi connectivity index (χ3v) is 5.97. The Hall–Kier alpha value is -0.630. The van der Waals surface area contributed by atoms with Gasteiger partial charge < -0.3 is 4.74 Å². The van der Waals surface area contributed by atoms with Gasteiger partial charge in [-0.05, 0) is 53.4 Å². The quantitative estimate of drug-likeness (QED) is 0.859. The van der Waals surface area contributed by atoms with Crippen LogP contribution in [0.5, 0.6) is 5.75 Å². The minimum atomic E-state index is -3.42. The highest BCUT2D eigenvalue weighted by Gasteiger charge is 2.25. The van der Waals surface area contributed by atoms with Crippen molar-refractivity contribution in [2.75, 3.05) is 20.2 Å². The SMILES string of the molecule is COc1ccc(C(C)NS(=O)(=O)N2CCCCC2)cc1Br. The van der Waals surface area contributed by atoms with E-state index < -0.39 is 10.2 Å². The molecule has 0 radical (unpaired) electrons. The molecule has 118 valence electrons. The van der Waals surface area contributed by atoms with Gasteiger partial charge in [-0.25, -0.2) is 0 Å². The van der Waals surface area contributed by atoms with Gasteiger partial charge in [0, 0.05) is 19.1 Å². The molecule has 2 rings (SSSR count). The standard InChI is InChI=1S/C14H21BrN2O3S/c1-11(12-6-7-14(20-2)13(15)10-12)16-21(18,19)17-8-4-3-5-9-17/h6-7,10-11,16H,3-5,8-9H2,1-2H3. The van der Waals surface area contributed by atoms with E-state index >= 15 is 0 Å². The lowest BCUT2D eigenvalue weighted by atomic mass is 10.1. The summed E-state index contributed by atoms with van der Waals surface area (Å²) < 4.78 is 35.0. The molecule has 21 heavy (non-hydrogen) atoms. The second kappa shape index (κ2) is 7.09. The molecule has 7 heteroatoms. The molecular weight excluding hydrogens is 356 g/mol. The zero-order chi connectivity index (χ0) is 15.5. The summed E-state index contributed by atoms with van der Waals surface area (Å²) in [5.74, 6) is 0.727. The number of methoxy groups -OCH3 is 1. The molecule has 0 aliphatic carbocycles. The summed E-state index contributed by atoms with van der Waals surface area (Å²) in [5.41, 5.74) is 0.892. The van der Waals surface area contributed by atoms with Crippen LogP contribution in [0.25, 0.3) is 0 Å². The third-order valence-electron chi connectivity index (χ3n) is 3.66. The number of rotatable bonds is 5. The first-order chi connectivity index (χ1) is 9.94. The van der Waals surface area contributed by atoms with Crippen LogP contribution in [0.4, 0.5) is 0 Å². The number of ether oxygens (including phenoxy) is 1. The molecule has 0 amide bonds. The van der Waals surface area contributed by atoms with Crippen LogP contribution >= 0.6 is 15.9 Å². The number of nitrogens with zero attached hydrogens (tertiary/aromatic N) is 1. The minimum Gasteiger partial charge on any atom is -0.496 e. The zero-order valence-electron chi connectivity index (χ0n) is 12.3. The maximum absolute atomic E-state index is 12.4. The van der Waals surface area contributed by atoms with Crippen LogP contribution in [0.15, 0.2) is 22.7 Å². The van der Waals surface area contributed by atoms with E-state index in [-0.39, 0.29) is 6.04 Å². The van der Waals surface area contributed by atoms with E-state index in [9.17, 15) is 8.42 Å². The summed E-state index contributed by atoms with van der Waals surface area (Å²) in [6.07, 6.45) is 2.97. The Morgan fingerprint density at radius 3 is 2.52 bits per heavy atom. The fraction of sp³-hybridized carbons (Fsp3) is 0.571. The molecule has 1 aromatic carbocycles. The van der Waals surface area contributed by atoms with Crippen molar-refractivity contribution in [1.82, 2.24) is 9.03 Å². The Bertz CT molecular complexity index is 586. The average Bonchev–Trinajstić information content (AvgIpc) is 2.47. The molecule has 0 spiro atoms. The fourth-order valence-corrected chi connectivity index (χ4v) is 4.45. The van der Waals surface area contributed by atoms with E-state index in [1.807, 2.05) is 25.1 Å². The monoisotopic (exact) mass is 376 g/mol. The summed E-state index contributed by atoms with van der Waals surface area (Å²) in [7, 11) is -1.82.